The molecule has 0 atom stereocenters. The van der Waals surface area contributed by atoms with Crippen LogP contribution in [0.5, 0.6) is 11.5 Å². The minimum Gasteiger partial charge on any atom is -0.493 e. The summed E-state index contributed by atoms with van der Waals surface area (Å²) >= 11 is 5.27. The molecule has 0 saturated heterocycles. The maximum atomic E-state index is 5.50. The number of methoxy groups -OCH3 is 2. The molecule has 0 spiro atoms. The van der Waals surface area contributed by atoms with E-state index >= 15 is 0 Å². The van der Waals surface area contributed by atoms with E-state index in [2.05, 4.69) is 52.0 Å². The zero-order valence-corrected chi connectivity index (χ0v) is 18.4. The van der Waals surface area contributed by atoms with Gasteiger partial charge in [0.2, 0.25) is 0 Å². The van der Waals surface area contributed by atoms with Gasteiger partial charge in [-0.05, 0) is 49.1 Å². The summed E-state index contributed by atoms with van der Waals surface area (Å²) in [4.78, 5) is 7.18. The van der Waals surface area contributed by atoms with Gasteiger partial charge in [0.25, 0.3) is 0 Å². The first kappa shape index (κ1) is 20.0. The van der Waals surface area contributed by atoms with Crippen molar-refractivity contribution in [1.82, 2.24) is 4.98 Å². The number of benzene rings is 2. The topological polar surface area (TPSA) is 34.6 Å². The highest BCUT2D eigenvalue weighted by Crippen LogP contribution is 2.38. The summed E-state index contributed by atoms with van der Waals surface area (Å²) in [6, 6.07) is 12.6. The quantitative estimate of drug-likeness (QED) is 0.288. The van der Waals surface area contributed by atoms with Crippen LogP contribution in [0.25, 0.3) is 10.2 Å². The van der Waals surface area contributed by atoms with Crippen LogP contribution in [0, 0.1) is 0 Å². The third kappa shape index (κ3) is 4.55. The first-order chi connectivity index (χ1) is 13.2. The van der Waals surface area contributed by atoms with Gasteiger partial charge in [-0.25, -0.2) is 4.98 Å². The van der Waals surface area contributed by atoms with E-state index in [1.54, 1.807) is 25.6 Å². The summed E-state index contributed by atoms with van der Waals surface area (Å²) in [5, 5.41) is 2.02. The number of alkyl halides is 1. The van der Waals surface area contributed by atoms with Crippen molar-refractivity contribution in [1.29, 1.82) is 0 Å². The number of nitrogens with zero attached hydrogens (tertiary/aromatic N) is 2. The largest absolute Gasteiger partial charge is 0.493 e. The molecule has 0 aliphatic rings. The van der Waals surface area contributed by atoms with Crippen LogP contribution in [0.15, 0.2) is 36.4 Å². The van der Waals surface area contributed by atoms with Crippen molar-refractivity contribution < 1.29 is 9.47 Å². The molecule has 4 nitrogen and oxygen atoms in total. The smallest absolute Gasteiger partial charge is 0.190 e. The zero-order valence-electron chi connectivity index (χ0n) is 16.0. The fourth-order valence-electron chi connectivity index (χ4n) is 2.98. The van der Waals surface area contributed by atoms with Gasteiger partial charge in [0.05, 0.1) is 24.4 Å². The van der Waals surface area contributed by atoms with Crippen LogP contribution in [-0.2, 0) is 6.42 Å². The SMILES string of the molecule is CCc1ccc2nc(N(CCCCBr)c3ccc(OC)c(OC)c3)sc2c1. The molecule has 0 unspecified atom stereocenters. The lowest BCUT2D eigenvalue weighted by Crippen LogP contribution is -2.18. The van der Waals surface area contributed by atoms with Gasteiger partial charge in [-0.2, -0.15) is 0 Å². The first-order valence-electron chi connectivity index (χ1n) is 9.15. The van der Waals surface area contributed by atoms with Gasteiger partial charge >= 0.3 is 0 Å². The number of halogens is 1. The van der Waals surface area contributed by atoms with Crippen LogP contribution in [-0.4, -0.2) is 31.1 Å². The molecule has 0 bridgehead atoms. The predicted molar refractivity (Wildman–Crippen MR) is 119 cm³/mol. The number of aryl methyl sites for hydroxylation is 1. The van der Waals surface area contributed by atoms with Crippen LogP contribution < -0.4 is 14.4 Å². The summed E-state index contributed by atoms with van der Waals surface area (Å²) in [6.45, 7) is 3.08. The molecule has 1 heterocycles. The fourth-order valence-corrected chi connectivity index (χ4v) is 4.46. The van der Waals surface area contributed by atoms with Gasteiger partial charge in [0.1, 0.15) is 0 Å². The molecule has 0 N–H and O–H groups in total. The Morgan fingerprint density at radius 3 is 2.56 bits per heavy atom. The highest BCUT2D eigenvalue weighted by Gasteiger charge is 2.16. The van der Waals surface area contributed by atoms with E-state index < -0.39 is 0 Å². The van der Waals surface area contributed by atoms with E-state index in [-0.39, 0.29) is 0 Å². The molecule has 0 aliphatic heterocycles. The fraction of sp³-hybridized carbons (Fsp3) is 0.381. The summed E-state index contributed by atoms with van der Waals surface area (Å²) in [5.74, 6) is 1.47. The van der Waals surface area contributed by atoms with E-state index in [1.165, 1.54) is 10.3 Å². The standard InChI is InChI=1S/C21H25BrN2O2S/c1-4-15-7-9-17-20(13-15)27-21(23-17)24(12-6-5-11-22)16-8-10-18(25-2)19(14-16)26-3/h7-10,13-14H,4-6,11-12H2,1-3H3. The van der Waals surface area contributed by atoms with Crippen molar-refractivity contribution in [3.05, 3.63) is 42.0 Å². The van der Waals surface area contributed by atoms with Crippen LogP contribution in [0.4, 0.5) is 10.8 Å². The highest BCUT2D eigenvalue weighted by molar-refractivity contribution is 9.09. The maximum absolute atomic E-state index is 5.50. The normalized spacial score (nSPS) is 11.0. The number of hydrogen-bond donors (Lipinski definition) is 0. The number of aromatic nitrogens is 1. The molecule has 6 heteroatoms. The molecule has 3 aromatic rings. The van der Waals surface area contributed by atoms with Crippen molar-refractivity contribution in [2.75, 3.05) is 31.0 Å². The van der Waals surface area contributed by atoms with Gasteiger partial charge in [-0.3, -0.25) is 0 Å². The minimum absolute atomic E-state index is 0.731. The Labute approximate surface area is 173 Å². The lowest BCUT2D eigenvalue weighted by atomic mass is 10.2. The zero-order chi connectivity index (χ0) is 19.2. The average molecular weight is 449 g/mol. The Balaban J connectivity index is 2.00. The predicted octanol–water partition coefficient (Wildman–Crippen LogP) is 6.19. The Hall–Kier alpha value is -1.79. The molecule has 0 amide bonds. The second-order valence-corrected chi connectivity index (χ2v) is 8.04. The Morgan fingerprint density at radius 1 is 1.04 bits per heavy atom. The Morgan fingerprint density at radius 2 is 1.85 bits per heavy atom. The molecule has 3 rings (SSSR count). The van der Waals surface area contributed by atoms with Gasteiger partial charge < -0.3 is 14.4 Å². The molecule has 0 aliphatic carbocycles. The van der Waals surface area contributed by atoms with Crippen molar-refractivity contribution in [3.63, 3.8) is 0 Å². The number of hydrogen-bond acceptors (Lipinski definition) is 5. The molecule has 2 aromatic carbocycles. The Bertz CT molecular complexity index is 897. The number of unbranched alkanes of at least 4 members (excludes halogenated alkanes) is 1. The number of fused-ring (bicyclic) bond motifs is 1. The van der Waals surface area contributed by atoms with E-state index in [4.69, 9.17) is 14.5 Å². The molecule has 0 saturated carbocycles. The lowest BCUT2D eigenvalue weighted by Gasteiger charge is -2.23. The summed E-state index contributed by atoms with van der Waals surface area (Å²) in [5.41, 5.74) is 3.46. The van der Waals surface area contributed by atoms with E-state index in [0.717, 1.165) is 59.0 Å². The summed E-state index contributed by atoms with van der Waals surface area (Å²) < 4.78 is 12.1. The third-order valence-corrected chi connectivity index (χ3v) is 6.13. The van der Waals surface area contributed by atoms with Crippen molar-refractivity contribution in [3.8, 4) is 11.5 Å². The molecular weight excluding hydrogens is 424 g/mol. The van der Waals surface area contributed by atoms with E-state index in [0.29, 0.717) is 0 Å². The van der Waals surface area contributed by atoms with Gasteiger partial charge in [-0.1, -0.05) is 40.3 Å². The molecule has 27 heavy (non-hydrogen) atoms. The van der Waals surface area contributed by atoms with Crippen LogP contribution >= 0.6 is 27.3 Å². The second kappa shape index (κ2) is 9.42. The van der Waals surface area contributed by atoms with Gasteiger partial charge in [0, 0.05) is 23.6 Å². The van der Waals surface area contributed by atoms with E-state index in [1.807, 2.05) is 12.1 Å². The molecule has 0 fully saturated rings. The number of thiazole rings is 1. The third-order valence-electron chi connectivity index (χ3n) is 4.52. The minimum atomic E-state index is 0.731. The van der Waals surface area contributed by atoms with Crippen molar-refractivity contribution in [2.24, 2.45) is 0 Å². The average Bonchev–Trinajstić information content (AvgIpc) is 3.13. The number of rotatable bonds is 9. The molecule has 0 radical (unpaired) electrons. The van der Waals surface area contributed by atoms with Crippen molar-refractivity contribution >= 4 is 48.3 Å². The molecule has 144 valence electrons. The first-order valence-corrected chi connectivity index (χ1v) is 11.1. The van der Waals surface area contributed by atoms with Gasteiger partial charge in [-0.15, -0.1) is 0 Å². The molecule has 1 aromatic heterocycles. The molecular formula is C21H25BrN2O2S. The highest BCUT2D eigenvalue weighted by atomic mass is 79.9. The summed E-state index contributed by atoms with van der Waals surface area (Å²) in [7, 11) is 3.32. The lowest BCUT2D eigenvalue weighted by molar-refractivity contribution is 0.355. The summed E-state index contributed by atoms with van der Waals surface area (Å²) in [6.07, 6.45) is 3.23. The van der Waals surface area contributed by atoms with Crippen molar-refractivity contribution in [2.45, 2.75) is 26.2 Å². The maximum Gasteiger partial charge on any atom is 0.190 e. The van der Waals surface area contributed by atoms with Crippen LogP contribution in [0.2, 0.25) is 0 Å². The van der Waals surface area contributed by atoms with Crippen LogP contribution in [0.1, 0.15) is 25.3 Å². The second-order valence-electron chi connectivity index (χ2n) is 6.24. The van der Waals surface area contributed by atoms with Gasteiger partial charge in [0.15, 0.2) is 16.6 Å². The number of anilines is 2. The van der Waals surface area contributed by atoms with Crippen LogP contribution in [0.3, 0.4) is 0 Å². The monoisotopic (exact) mass is 448 g/mol. The Kier molecular flexibility index (Phi) is 6.96. The van der Waals surface area contributed by atoms with E-state index in [9.17, 15) is 0 Å². The number of ether oxygens (including phenoxy) is 2.